The van der Waals surface area contributed by atoms with Gasteiger partial charge in [0.1, 0.15) is 5.76 Å². The lowest BCUT2D eigenvalue weighted by molar-refractivity contribution is -0.115. The third-order valence-corrected chi connectivity index (χ3v) is 3.56. The number of thioether (sulfide) groups is 1. The summed E-state index contributed by atoms with van der Waals surface area (Å²) in [4.78, 5) is 16.0. The van der Waals surface area contributed by atoms with Crippen LogP contribution in [0.15, 0.2) is 33.9 Å². The fourth-order valence-electron chi connectivity index (χ4n) is 1.58. The van der Waals surface area contributed by atoms with E-state index < -0.39 is 0 Å². The Morgan fingerprint density at radius 1 is 1.45 bits per heavy atom. The van der Waals surface area contributed by atoms with Gasteiger partial charge in [-0.25, -0.2) is 4.98 Å². The van der Waals surface area contributed by atoms with Gasteiger partial charge in [0.15, 0.2) is 0 Å². The number of nitrogens with one attached hydrogen (secondary N) is 1. The SMILES string of the molecule is Cc1nc(SCCC(=O)Nc2cccc(N)c2)oc1C. The molecule has 0 bridgehead atoms. The largest absolute Gasteiger partial charge is 0.437 e. The third-order valence-electron chi connectivity index (χ3n) is 2.73. The van der Waals surface area contributed by atoms with Crippen molar-refractivity contribution < 1.29 is 9.21 Å². The zero-order valence-electron chi connectivity index (χ0n) is 11.5. The van der Waals surface area contributed by atoms with E-state index in [9.17, 15) is 4.79 Å². The van der Waals surface area contributed by atoms with Crippen molar-refractivity contribution in [3.8, 4) is 0 Å². The molecule has 0 fully saturated rings. The quantitative estimate of drug-likeness (QED) is 0.654. The summed E-state index contributed by atoms with van der Waals surface area (Å²) >= 11 is 1.43. The predicted octanol–water partition coefficient (Wildman–Crippen LogP) is 2.99. The van der Waals surface area contributed by atoms with Crippen LogP contribution in [0.5, 0.6) is 0 Å². The highest BCUT2D eigenvalue weighted by Crippen LogP contribution is 2.21. The topological polar surface area (TPSA) is 81.2 Å². The number of nitrogen functional groups attached to an aromatic ring is 1. The number of benzene rings is 1. The number of aromatic nitrogens is 1. The Bertz CT molecular complexity index is 591. The van der Waals surface area contributed by atoms with E-state index in [2.05, 4.69) is 10.3 Å². The minimum Gasteiger partial charge on any atom is -0.437 e. The number of aryl methyl sites for hydroxylation is 2. The molecule has 2 aromatic rings. The highest BCUT2D eigenvalue weighted by molar-refractivity contribution is 7.99. The molecule has 0 saturated heterocycles. The first-order valence-corrected chi connectivity index (χ1v) is 7.25. The standard InChI is InChI=1S/C14H17N3O2S/c1-9-10(2)19-14(16-9)20-7-6-13(18)17-12-5-3-4-11(15)8-12/h3-5,8H,6-7,15H2,1-2H3,(H,17,18). The van der Waals surface area contributed by atoms with Gasteiger partial charge >= 0.3 is 0 Å². The van der Waals surface area contributed by atoms with Crippen molar-refractivity contribution in [1.82, 2.24) is 4.98 Å². The zero-order chi connectivity index (χ0) is 14.5. The normalized spacial score (nSPS) is 10.5. The van der Waals surface area contributed by atoms with Gasteiger partial charge in [-0.1, -0.05) is 17.8 Å². The molecule has 0 unspecified atom stereocenters. The van der Waals surface area contributed by atoms with E-state index >= 15 is 0 Å². The predicted molar refractivity (Wildman–Crippen MR) is 80.8 cm³/mol. The molecule has 106 valence electrons. The maximum atomic E-state index is 11.8. The van der Waals surface area contributed by atoms with Crippen LogP contribution >= 0.6 is 11.8 Å². The Hall–Kier alpha value is -1.95. The molecule has 1 heterocycles. The molecule has 1 amide bonds. The van der Waals surface area contributed by atoms with Gasteiger partial charge in [-0.3, -0.25) is 4.79 Å². The van der Waals surface area contributed by atoms with Crippen molar-refractivity contribution in [3.63, 3.8) is 0 Å². The Balaban J connectivity index is 1.78. The number of oxazole rings is 1. The average Bonchev–Trinajstić information content (AvgIpc) is 2.68. The van der Waals surface area contributed by atoms with Crippen LogP contribution in [-0.4, -0.2) is 16.6 Å². The molecule has 2 rings (SSSR count). The number of anilines is 2. The zero-order valence-corrected chi connectivity index (χ0v) is 12.3. The fraction of sp³-hybridized carbons (Fsp3) is 0.286. The van der Waals surface area contributed by atoms with Crippen molar-refractivity contribution in [2.45, 2.75) is 25.5 Å². The van der Waals surface area contributed by atoms with Gasteiger partial charge in [0.05, 0.1) is 5.69 Å². The molecule has 0 spiro atoms. The van der Waals surface area contributed by atoms with Crippen LogP contribution < -0.4 is 11.1 Å². The molecule has 1 aromatic heterocycles. The van der Waals surface area contributed by atoms with Crippen LogP contribution in [0.4, 0.5) is 11.4 Å². The molecule has 3 N–H and O–H groups in total. The third kappa shape index (κ3) is 4.03. The van der Waals surface area contributed by atoms with Crippen molar-refractivity contribution in [3.05, 3.63) is 35.7 Å². The number of nitrogens with two attached hydrogens (primary N) is 1. The highest BCUT2D eigenvalue weighted by Gasteiger charge is 2.08. The van der Waals surface area contributed by atoms with E-state index in [-0.39, 0.29) is 5.91 Å². The summed E-state index contributed by atoms with van der Waals surface area (Å²) in [6.45, 7) is 3.77. The molecule has 0 aliphatic carbocycles. The van der Waals surface area contributed by atoms with E-state index in [4.69, 9.17) is 10.2 Å². The van der Waals surface area contributed by atoms with E-state index in [0.717, 1.165) is 11.5 Å². The number of rotatable bonds is 5. The molecule has 0 atom stereocenters. The summed E-state index contributed by atoms with van der Waals surface area (Å²) in [6, 6.07) is 7.12. The summed E-state index contributed by atoms with van der Waals surface area (Å²) < 4.78 is 5.43. The number of amides is 1. The van der Waals surface area contributed by atoms with Gasteiger partial charge < -0.3 is 15.5 Å². The van der Waals surface area contributed by atoms with Crippen LogP contribution in [0.25, 0.3) is 0 Å². The summed E-state index contributed by atoms with van der Waals surface area (Å²) in [7, 11) is 0. The van der Waals surface area contributed by atoms with Crippen LogP contribution in [0.3, 0.4) is 0 Å². The Morgan fingerprint density at radius 2 is 2.25 bits per heavy atom. The van der Waals surface area contributed by atoms with Crippen LogP contribution in [0.2, 0.25) is 0 Å². The maximum Gasteiger partial charge on any atom is 0.256 e. The van der Waals surface area contributed by atoms with Crippen molar-refractivity contribution >= 4 is 29.0 Å². The van der Waals surface area contributed by atoms with Gasteiger partial charge in [-0.2, -0.15) is 0 Å². The first-order chi connectivity index (χ1) is 9.54. The van der Waals surface area contributed by atoms with Crippen LogP contribution in [0.1, 0.15) is 17.9 Å². The monoisotopic (exact) mass is 291 g/mol. The highest BCUT2D eigenvalue weighted by atomic mass is 32.2. The summed E-state index contributed by atoms with van der Waals surface area (Å²) in [5.41, 5.74) is 7.88. The molecule has 6 heteroatoms. The molecule has 20 heavy (non-hydrogen) atoms. The fourth-order valence-corrected chi connectivity index (χ4v) is 2.42. The van der Waals surface area contributed by atoms with Gasteiger partial charge in [-0.15, -0.1) is 0 Å². The molecular weight excluding hydrogens is 274 g/mol. The van der Waals surface area contributed by atoms with Gasteiger partial charge in [0, 0.05) is 23.5 Å². The molecule has 0 saturated carbocycles. The minimum atomic E-state index is -0.0527. The summed E-state index contributed by atoms with van der Waals surface area (Å²) in [5.74, 6) is 1.38. The van der Waals surface area contributed by atoms with E-state index in [1.54, 1.807) is 18.2 Å². The second-order valence-electron chi connectivity index (χ2n) is 4.39. The average molecular weight is 291 g/mol. The van der Waals surface area contributed by atoms with Gasteiger partial charge in [0.2, 0.25) is 5.91 Å². The lowest BCUT2D eigenvalue weighted by Gasteiger charge is -2.05. The molecule has 5 nitrogen and oxygen atoms in total. The van der Waals surface area contributed by atoms with Crippen molar-refractivity contribution in [2.24, 2.45) is 0 Å². The molecule has 0 aliphatic rings. The second kappa shape index (κ2) is 6.47. The van der Waals surface area contributed by atoms with Crippen molar-refractivity contribution in [2.75, 3.05) is 16.8 Å². The minimum absolute atomic E-state index is 0.0527. The van der Waals surface area contributed by atoms with E-state index in [1.807, 2.05) is 19.9 Å². The summed E-state index contributed by atoms with van der Waals surface area (Å²) in [5, 5.41) is 3.41. The molecule has 0 aliphatic heterocycles. The smallest absolute Gasteiger partial charge is 0.256 e. The van der Waals surface area contributed by atoms with Crippen LogP contribution in [0, 0.1) is 13.8 Å². The number of carbonyl (C=O) groups excluding carboxylic acids is 1. The Morgan fingerprint density at radius 3 is 2.90 bits per heavy atom. The molecular formula is C14H17N3O2S. The Kier molecular flexibility index (Phi) is 4.68. The maximum absolute atomic E-state index is 11.8. The van der Waals surface area contributed by atoms with Crippen LogP contribution in [-0.2, 0) is 4.79 Å². The van der Waals surface area contributed by atoms with Crippen molar-refractivity contribution in [1.29, 1.82) is 0 Å². The molecule has 1 aromatic carbocycles. The number of nitrogens with zero attached hydrogens (tertiary/aromatic N) is 1. The number of carbonyl (C=O) groups is 1. The van der Waals surface area contributed by atoms with E-state index in [0.29, 0.717) is 28.8 Å². The Labute approximate surface area is 122 Å². The van der Waals surface area contributed by atoms with Gasteiger partial charge in [0.25, 0.3) is 5.22 Å². The second-order valence-corrected chi connectivity index (χ2v) is 5.44. The lowest BCUT2D eigenvalue weighted by atomic mass is 10.3. The first-order valence-electron chi connectivity index (χ1n) is 6.27. The van der Waals surface area contributed by atoms with E-state index in [1.165, 1.54) is 11.8 Å². The number of hydrogen-bond donors (Lipinski definition) is 2. The lowest BCUT2D eigenvalue weighted by Crippen LogP contribution is -2.12. The first kappa shape index (κ1) is 14.5. The van der Waals surface area contributed by atoms with Gasteiger partial charge in [-0.05, 0) is 32.0 Å². The number of hydrogen-bond acceptors (Lipinski definition) is 5. The molecule has 0 radical (unpaired) electrons. The summed E-state index contributed by atoms with van der Waals surface area (Å²) in [6.07, 6.45) is 0.389.